The fourth-order valence-corrected chi connectivity index (χ4v) is 3.70. The first kappa shape index (κ1) is 11.0. The van der Waals surface area contributed by atoms with Gasteiger partial charge in [-0.2, -0.15) is 0 Å². The van der Waals surface area contributed by atoms with Crippen LogP contribution >= 0.6 is 11.6 Å². The molecule has 1 N–H and O–H groups in total. The second-order valence-electron chi connectivity index (χ2n) is 3.57. The summed E-state index contributed by atoms with van der Waals surface area (Å²) in [5.74, 6) is 0.201. The molecule has 0 aromatic heterocycles. The summed E-state index contributed by atoms with van der Waals surface area (Å²) in [6.45, 7) is 0. The fraction of sp³-hybridized carbons (Fsp3) is 0.364. The molecule has 0 aliphatic carbocycles. The maximum absolute atomic E-state index is 11.0. The Morgan fingerprint density at radius 2 is 2.13 bits per heavy atom. The molecule has 0 radical (unpaired) electrons. The molecule has 4 heteroatoms. The summed E-state index contributed by atoms with van der Waals surface area (Å²) in [7, 11) is 0. The molecule has 1 fully saturated rings. The monoisotopic (exact) mass is 289 g/mol. The van der Waals surface area contributed by atoms with Gasteiger partial charge in [0.1, 0.15) is 0 Å². The van der Waals surface area contributed by atoms with Gasteiger partial charge in [-0.3, -0.25) is 0 Å². The Hall–Kier alpha value is -0.501. The van der Waals surface area contributed by atoms with E-state index in [0.717, 1.165) is 16.8 Å². The second kappa shape index (κ2) is 5.02. The van der Waals surface area contributed by atoms with E-state index in [1.165, 1.54) is 4.46 Å². The van der Waals surface area contributed by atoms with Crippen LogP contribution in [0.2, 0.25) is 10.3 Å². The van der Waals surface area contributed by atoms with Crippen molar-refractivity contribution in [3.63, 3.8) is 0 Å². The van der Waals surface area contributed by atoms with E-state index in [2.05, 4.69) is 17.4 Å². The van der Waals surface area contributed by atoms with Crippen molar-refractivity contribution in [3.8, 4) is 0 Å². The molecule has 80 valence electrons. The molecule has 1 heterocycles. The van der Waals surface area contributed by atoms with Crippen LogP contribution in [-0.4, -0.2) is 26.9 Å². The maximum atomic E-state index is 11.0. The van der Waals surface area contributed by atoms with Gasteiger partial charge in [-0.15, -0.1) is 0 Å². The molecule has 1 amide bonds. The third kappa shape index (κ3) is 3.23. The van der Waals surface area contributed by atoms with Gasteiger partial charge < -0.3 is 0 Å². The molecule has 1 aromatic carbocycles. The van der Waals surface area contributed by atoms with Crippen molar-refractivity contribution >= 4 is 36.9 Å². The van der Waals surface area contributed by atoms with Crippen molar-refractivity contribution in [2.24, 2.45) is 0 Å². The molecular weight excluding hydrogens is 277 g/mol. The molecule has 1 aliphatic rings. The predicted octanol–water partition coefficient (Wildman–Crippen LogP) is 1.37. The van der Waals surface area contributed by atoms with Gasteiger partial charge in [0, 0.05) is 0 Å². The first-order chi connectivity index (χ1) is 7.24. The van der Waals surface area contributed by atoms with Gasteiger partial charge >= 0.3 is 101 Å². The van der Waals surface area contributed by atoms with E-state index in [0.29, 0.717) is 27.4 Å². The van der Waals surface area contributed by atoms with Gasteiger partial charge in [-0.05, 0) is 0 Å². The number of halogens is 1. The Morgan fingerprint density at radius 1 is 1.40 bits per heavy atom. The molecule has 0 unspecified atom stereocenters. The number of carbonyl (C=O) groups is 1. The third-order valence-electron chi connectivity index (χ3n) is 2.35. The van der Waals surface area contributed by atoms with E-state index >= 15 is 0 Å². The third-order valence-corrected chi connectivity index (χ3v) is 5.07. The van der Waals surface area contributed by atoms with Crippen molar-refractivity contribution in [3.05, 3.63) is 29.3 Å². The normalized spacial score (nSPS) is 20.3. The summed E-state index contributed by atoms with van der Waals surface area (Å²) in [6.07, 6.45) is 1.69. The number of benzene rings is 1. The second-order valence-corrected chi connectivity index (χ2v) is 6.30. The van der Waals surface area contributed by atoms with Crippen LogP contribution in [0.25, 0.3) is 0 Å². The van der Waals surface area contributed by atoms with Crippen molar-refractivity contribution in [1.82, 2.24) is 5.32 Å². The molecular formula is C11H12ClNOSe. The van der Waals surface area contributed by atoms with E-state index in [4.69, 9.17) is 11.6 Å². The molecule has 1 atom stereocenters. The summed E-state index contributed by atoms with van der Waals surface area (Å²) in [5.41, 5.74) is 0. The summed E-state index contributed by atoms with van der Waals surface area (Å²) < 4.78 is 1.34. The van der Waals surface area contributed by atoms with Gasteiger partial charge in [0.2, 0.25) is 0 Å². The zero-order valence-corrected chi connectivity index (χ0v) is 10.7. The van der Waals surface area contributed by atoms with Crippen molar-refractivity contribution in [1.29, 1.82) is 0 Å². The number of nitrogens with one attached hydrogen (secondary N) is 1. The van der Waals surface area contributed by atoms with Gasteiger partial charge in [-0.1, -0.05) is 0 Å². The summed E-state index contributed by atoms with van der Waals surface area (Å²) in [5, 5.41) is 4.85. The van der Waals surface area contributed by atoms with Crippen LogP contribution in [0.3, 0.4) is 0 Å². The van der Waals surface area contributed by atoms with Crippen molar-refractivity contribution < 1.29 is 4.79 Å². The molecule has 1 aliphatic heterocycles. The van der Waals surface area contributed by atoms with E-state index in [1.54, 1.807) is 0 Å². The molecule has 1 aromatic rings. The van der Waals surface area contributed by atoms with Crippen molar-refractivity contribution in [2.45, 2.75) is 24.2 Å². The Labute approximate surface area is 101 Å². The van der Waals surface area contributed by atoms with Crippen LogP contribution < -0.4 is 9.78 Å². The molecule has 2 nitrogen and oxygen atoms in total. The van der Waals surface area contributed by atoms with Gasteiger partial charge in [0.25, 0.3) is 0 Å². The Kier molecular flexibility index (Phi) is 3.68. The Balaban J connectivity index is 1.83. The standard InChI is InChI=1S/C11H12ClNOSe/c12-8-1-4-10(5-2-8)15-7-9-3-6-11(14)13-9/h1-2,4-5,9H,3,6-7H2,(H,13,14)/t9-/m0/s1. The SMILES string of the molecule is O=C1CC[C@@H](C[Se]c2ccc(Cl)cc2)N1. The van der Waals surface area contributed by atoms with Gasteiger partial charge in [0.15, 0.2) is 0 Å². The van der Waals surface area contributed by atoms with Crippen molar-refractivity contribution in [2.75, 3.05) is 0 Å². The van der Waals surface area contributed by atoms with Crippen LogP contribution in [0, 0.1) is 0 Å². The Bertz CT molecular complexity index is 352. The summed E-state index contributed by atoms with van der Waals surface area (Å²) in [6, 6.07) is 8.38. The molecule has 0 spiro atoms. The first-order valence-corrected chi connectivity index (χ1v) is 7.36. The minimum atomic E-state index is 0.201. The minimum absolute atomic E-state index is 0.201. The first-order valence-electron chi connectivity index (χ1n) is 4.92. The van der Waals surface area contributed by atoms with E-state index < -0.39 is 0 Å². The van der Waals surface area contributed by atoms with Crippen LogP contribution in [-0.2, 0) is 4.79 Å². The Morgan fingerprint density at radius 3 is 2.73 bits per heavy atom. The van der Waals surface area contributed by atoms with Crippen LogP contribution in [0.4, 0.5) is 0 Å². The van der Waals surface area contributed by atoms with Crippen LogP contribution in [0.1, 0.15) is 12.8 Å². The molecule has 0 saturated carbocycles. The summed E-state index contributed by atoms with van der Waals surface area (Å²) in [4.78, 5) is 11.0. The molecule has 15 heavy (non-hydrogen) atoms. The van der Waals surface area contributed by atoms with Gasteiger partial charge in [0.05, 0.1) is 0 Å². The number of rotatable bonds is 3. The van der Waals surface area contributed by atoms with E-state index in [1.807, 2.05) is 12.1 Å². The number of amides is 1. The zero-order valence-electron chi connectivity index (χ0n) is 8.20. The number of hydrogen-bond acceptors (Lipinski definition) is 1. The van der Waals surface area contributed by atoms with Gasteiger partial charge in [-0.25, -0.2) is 0 Å². The topological polar surface area (TPSA) is 29.1 Å². The van der Waals surface area contributed by atoms with E-state index in [9.17, 15) is 4.79 Å². The average molecular weight is 289 g/mol. The number of carbonyl (C=O) groups excluding carboxylic acids is 1. The zero-order chi connectivity index (χ0) is 10.7. The quantitative estimate of drug-likeness (QED) is 0.836. The molecule has 0 bridgehead atoms. The number of hydrogen-bond donors (Lipinski definition) is 1. The fourth-order valence-electron chi connectivity index (χ4n) is 1.53. The predicted molar refractivity (Wildman–Crippen MR) is 62.8 cm³/mol. The van der Waals surface area contributed by atoms with E-state index in [-0.39, 0.29) is 5.91 Å². The molecule has 1 saturated heterocycles. The van der Waals surface area contributed by atoms with Crippen LogP contribution in [0.5, 0.6) is 0 Å². The average Bonchev–Trinajstić information content (AvgIpc) is 2.64. The summed E-state index contributed by atoms with van der Waals surface area (Å²) >= 11 is 6.25. The molecule has 2 rings (SSSR count). The van der Waals surface area contributed by atoms with Crippen LogP contribution in [0.15, 0.2) is 24.3 Å².